The first-order chi connectivity index (χ1) is 11.0. The molecule has 1 heterocycles. The summed E-state index contributed by atoms with van der Waals surface area (Å²) in [6, 6.07) is 5.03. The number of carbonyl (C=O) groups excluding carboxylic acids is 1. The Kier molecular flexibility index (Phi) is 6.16. The molecule has 1 aromatic heterocycles. The summed E-state index contributed by atoms with van der Waals surface area (Å²) in [7, 11) is 0. The minimum absolute atomic E-state index is 0.0253. The van der Waals surface area contributed by atoms with E-state index in [2.05, 4.69) is 17.2 Å². The average Bonchev–Trinajstić information content (AvgIpc) is 2.50. The molecule has 0 bridgehead atoms. The zero-order chi connectivity index (χ0) is 16.8. The van der Waals surface area contributed by atoms with E-state index >= 15 is 0 Å². The molecule has 6 heteroatoms. The van der Waals surface area contributed by atoms with E-state index < -0.39 is 0 Å². The summed E-state index contributed by atoms with van der Waals surface area (Å²) in [5, 5.41) is 3.91. The van der Waals surface area contributed by atoms with Crippen molar-refractivity contribution < 1.29 is 4.79 Å². The molecule has 0 saturated heterocycles. The van der Waals surface area contributed by atoms with Crippen LogP contribution < -0.4 is 10.9 Å². The largest absolute Gasteiger partial charge is 0.352 e. The maximum absolute atomic E-state index is 12.4. The number of hydrogen-bond acceptors (Lipinski definition) is 3. The molecular formula is C17H22ClN3O2. The quantitative estimate of drug-likeness (QED) is 0.791. The summed E-state index contributed by atoms with van der Waals surface area (Å²) >= 11 is 5.89. The van der Waals surface area contributed by atoms with Crippen molar-refractivity contribution in [3.8, 4) is 0 Å². The van der Waals surface area contributed by atoms with Gasteiger partial charge in [-0.1, -0.05) is 37.8 Å². The van der Waals surface area contributed by atoms with E-state index in [0.29, 0.717) is 15.9 Å². The third-order valence-electron chi connectivity index (χ3n) is 3.75. The van der Waals surface area contributed by atoms with Gasteiger partial charge in [-0.15, -0.1) is 0 Å². The Hall–Kier alpha value is -1.88. The number of carbonyl (C=O) groups is 1. The van der Waals surface area contributed by atoms with Gasteiger partial charge in [-0.05, 0) is 31.5 Å². The van der Waals surface area contributed by atoms with Gasteiger partial charge in [0.05, 0.1) is 17.2 Å². The molecule has 5 nitrogen and oxygen atoms in total. The molecule has 1 unspecified atom stereocenters. The van der Waals surface area contributed by atoms with E-state index in [1.165, 1.54) is 10.9 Å². The summed E-state index contributed by atoms with van der Waals surface area (Å²) in [6.45, 7) is 4.11. The van der Waals surface area contributed by atoms with Crippen LogP contribution in [0.5, 0.6) is 0 Å². The van der Waals surface area contributed by atoms with E-state index in [-0.39, 0.29) is 24.1 Å². The molecule has 0 aliphatic rings. The molecular weight excluding hydrogens is 314 g/mol. The number of unbranched alkanes of at least 4 members (excludes halogenated alkanes) is 2. The monoisotopic (exact) mass is 335 g/mol. The zero-order valence-electron chi connectivity index (χ0n) is 13.5. The van der Waals surface area contributed by atoms with Crippen LogP contribution in [-0.2, 0) is 11.3 Å². The van der Waals surface area contributed by atoms with Crippen molar-refractivity contribution in [1.29, 1.82) is 0 Å². The lowest BCUT2D eigenvalue weighted by molar-refractivity contribution is -0.122. The molecule has 124 valence electrons. The Labute approximate surface area is 140 Å². The Bertz CT molecular complexity index is 742. The molecule has 0 aliphatic carbocycles. The van der Waals surface area contributed by atoms with E-state index in [9.17, 15) is 9.59 Å². The molecule has 0 saturated carbocycles. The van der Waals surface area contributed by atoms with Crippen molar-refractivity contribution in [2.24, 2.45) is 0 Å². The van der Waals surface area contributed by atoms with Crippen molar-refractivity contribution >= 4 is 28.4 Å². The molecule has 1 atom stereocenters. The summed E-state index contributed by atoms with van der Waals surface area (Å²) in [5.74, 6) is -0.175. The summed E-state index contributed by atoms with van der Waals surface area (Å²) in [4.78, 5) is 28.6. The van der Waals surface area contributed by atoms with Gasteiger partial charge in [-0.2, -0.15) is 0 Å². The summed E-state index contributed by atoms with van der Waals surface area (Å²) < 4.78 is 1.32. The van der Waals surface area contributed by atoms with Crippen LogP contribution in [0.2, 0.25) is 5.02 Å². The van der Waals surface area contributed by atoms with Gasteiger partial charge in [-0.25, -0.2) is 4.98 Å². The second-order valence-electron chi connectivity index (χ2n) is 5.80. The Balaban J connectivity index is 2.04. The minimum Gasteiger partial charge on any atom is -0.352 e. The molecule has 0 fully saturated rings. The van der Waals surface area contributed by atoms with Gasteiger partial charge in [0, 0.05) is 11.1 Å². The van der Waals surface area contributed by atoms with Gasteiger partial charge in [0.25, 0.3) is 5.56 Å². The predicted molar refractivity (Wildman–Crippen MR) is 92.8 cm³/mol. The topological polar surface area (TPSA) is 64.0 Å². The van der Waals surface area contributed by atoms with Crippen molar-refractivity contribution in [3.05, 3.63) is 39.9 Å². The fourth-order valence-corrected chi connectivity index (χ4v) is 2.66. The molecule has 0 aliphatic heterocycles. The highest BCUT2D eigenvalue weighted by molar-refractivity contribution is 6.31. The van der Waals surface area contributed by atoms with E-state index in [1.807, 2.05) is 6.92 Å². The van der Waals surface area contributed by atoms with Crippen LogP contribution in [0.4, 0.5) is 0 Å². The van der Waals surface area contributed by atoms with E-state index in [1.54, 1.807) is 18.2 Å². The fraction of sp³-hybridized carbons (Fsp3) is 0.471. The lowest BCUT2D eigenvalue weighted by atomic mass is 10.1. The molecule has 1 aromatic carbocycles. The van der Waals surface area contributed by atoms with Gasteiger partial charge in [0.2, 0.25) is 5.91 Å². The standard InChI is InChI=1S/C17H22ClN3O2/c1-3-4-5-6-12(2)20-16(22)10-21-11-19-15-9-13(18)7-8-14(15)17(21)23/h7-9,11-12H,3-6,10H2,1-2H3,(H,20,22). The van der Waals surface area contributed by atoms with Crippen molar-refractivity contribution in [2.45, 2.75) is 52.1 Å². The first-order valence-corrected chi connectivity index (χ1v) is 8.33. The normalized spacial score (nSPS) is 12.3. The lowest BCUT2D eigenvalue weighted by Gasteiger charge is -2.14. The molecule has 1 N–H and O–H groups in total. The number of halogens is 1. The van der Waals surface area contributed by atoms with Gasteiger partial charge >= 0.3 is 0 Å². The van der Waals surface area contributed by atoms with Gasteiger partial charge in [0.15, 0.2) is 0 Å². The number of fused-ring (bicyclic) bond motifs is 1. The Morgan fingerprint density at radius 1 is 1.39 bits per heavy atom. The first-order valence-electron chi connectivity index (χ1n) is 7.95. The molecule has 2 rings (SSSR count). The third kappa shape index (κ3) is 4.79. The third-order valence-corrected chi connectivity index (χ3v) is 3.98. The molecule has 2 aromatic rings. The first kappa shape index (κ1) is 17.5. The molecule has 0 radical (unpaired) electrons. The van der Waals surface area contributed by atoms with Gasteiger partial charge in [-0.3, -0.25) is 14.2 Å². The van der Waals surface area contributed by atoms with Crippen LogP contribution in [0, 0.1) is 0 Å². The van der Waals surface area contributed by atoms with Crippen LogP contribution in [0.15, 0.2) is 29.3 Å². The number of nitrogens with zero attached hydrogens (tertiary/aromatic N) is 2. The van der Waals surface area contributed by atoms with E-state index in [0.717, 1.165) is 25.7 Å². The SMILES string of the molecule is CCCCCC(C)NC(=O)Cn1cnc2cc(Cl)ccc2c1=O. The van der Waals surface area contributed by atoms with Crippen LogP contribution >= 0.6 is 11.6 Å². The van der Waals surface area contributed by atoms with Crippen LogP contribution in [0.3, 0.4) is 0 Å². The van der Waals surface area contributed by atoms with Crippen molar-refractivity contribution in [2.75, 3.05) is 0 Å². The number of rotatable bonds is 7. The highest BCUT2D eigenvalue weighted by atomic mass is 35.5. The maximum Gasteiger partial charge on any atom is 0.261 e. The van der Waals surface area contributed by atoms with Crippen LogP contribution in [-0.4, -0.2) is 21.5 Å². The van der Waals surface area contributed by atoms with E-state index in [4.69, 9.17) is 11.6 Å². The zero-order valence-corrected chi connectivity index (χ0v) is 14.3. The minimum atomic E-state index is -0.236. The number of aromatic nitrogens is 2. The number of nitrogens with one attached hydrogen (secondary N) is 1. The number of benzene rings is 1. The Morgan fingerprint density at radius 2 is 2.17 bits per heavy atom. The predicted octanol–water partition coefficient (Wildman–Crippen LogP) is 3.13. The summed E-state index contributed by atoms with van der Waals surface area (Å²) in [5.41, 5.74) is 0.299. The van der Waals surface area contributed by atoms with Gasteiger partial charge in [0.1, 0.15) is 6.54 Å². The van der Waals surface area contributed by atoms with Gasteiger partial charge < -0.3 is 5.32 Å². The Morgan fingerprint density at radius 3 is 2.91 bits per heavy atom. The molecule has 1 amide bonds. The second kappa shape index (κ2) is 8.11. The summed E-state index contributed by atoms with van der Waals surface area (Å²) in [6.07, 6.45) is 5.75. The highest BCUT2D eigenvalue weighted by Crippen LogP contribution is 2.14. The molecule has 0 spiro atoms. The highest BCUT2D eigenvalue weighted by Gasteiger charge is 2.11. The number of hydrogen-bond donors (Lipinski definition) is 1. The average molecular weight is 336 g/mol. The van der Waals surface area contributed by atoms with Crippen molar-refractivity contribution in [1.82, 2.24) is 14.9 Å². The van der Waals surface area contributed by atoms with Crippen LogP contribution in [0.25, 0.3) is 10.9 Å². The fourth-order valence-electron chi connectivity index (χ4n) is 2.49. The van der Waals surface area contributed by atoms with Crippen LogP contribution in [0.1, 0.15) is 39.5 Å². The van der Waals surface area contributed by atoms with Crippen molar-refractivity contribution in [3.63, 3.8) is 0 Å². The second-order valence-corrected chi connectivity index (χ2v) is 6.24. The smallest absolute Gasteiger partial charge is 0.261 e. The lowest BCUT2D eigenvalue weighted by Crippen LogP contribution is -2.37. The molecule has 23 heavy (non-hydrogen) atoms. The maximum atomic E-state index is 12.4. The number of amides is 1.